The predicted molar refractivity (Wildman–Crippen MR) is 152 cm³/mol. The van der Waals surface area contributed by atoms with Crippen LogP contribution in [0.3, 0.4) is 0 Å². The first kappa shape index (κ1) is 25.3. The second-order valence-corrected chi connectivity index (χ2v) is 11.6. The molecule has 5 rings (SSSR count). The highest BCUT2D eigenvalue weighted by Crippen LogP contribution is 2.35. The fourth-order valence-corrected chi connectivity index (χ4v) is 6.97. The van der Waals surface area contributed by atoms with Gasteiger partial charge in [-0.1, -0.05) is 81.0 Å². The summed E-state index contributed by atoms with van der Waals surface area (Å²) in [6, 6.07) is 18.8. The highest BCUT2D eigenvalue weighted by atomic mass is 15.3. The zero-order valence-corrected chi connectivity index (χ0v) is 22.4. The van der Waals surface area contributed by atoms with E-state index in [9.17, 15) is 0 Å². The van der Waals surface area contributed by atoms with Gasteiger partial charge in [0.15, 0.2) is 5.96 Å². The normalized spacial score (nSPS) is 20.3. The maximum absolute atomic E-state index is 6.68. The lowest BCUT2D eigenvalue weighted by molar-refractivity contribution is 0.146. The van der Waals surface area contributed by atoms with Gasteiger partial charge >= 0.3 is 0 Å². The van der Waals surface area contributed by atoms with Gasteiger partial charge in [0.25, 0.3) is 0 Å². The molecule has 2 N–H and O–H groups in total. The molecule has 194 valence electrons. The second-order valence-electron chi connectivity index (χ2n) is 11.6. The van der Waals surface area contributed by atoms with Crippen molar-refractivity contribution in [3.63, 3.8) is 0 Å². The Hall–Kier alpha value is -2.33. The summed E-state index contributed by atoms with van der Waals surface area (Å²) in [4.78, 5) is 10.0. The van der Waals surface area contributed by atoms with Gasteiger partial charge in [-0.15, -0.1) is 0 Å². The lowest BCUT2D eigenvalue weighted by Crippen LogP contribution is -2.49. The third-order valence-corrected chi connectivity index (χ3v) is 9.07. The first-order valence-electron chi connectivity index (χ1n) is 14.6. The van der Waals surface area contributed by atoms with E-state index in [1.807, 2.05) is 0 Å². The van der Waals surface area contributed by atoms with Crippen LogP contribution in [0.4, 0.5) is 5.69 Å². The van der Waals surface area contributed by atoms with Crippen molar-refractivity contribution >= 4 is 11.6 Å². The van der Waals surface area contributed by atoms with Gasteiger partial charge in [-0.05, 0) is 87.2 Å². The van der Waals surface area contributed by atoms with Crippen LogP contribution in [-0.2, 0) is 13.0 Å². The van der Waals surface area contributed by atoms with Gasteiger partial charge in [-0.25, -0.2) is 4.99 Å². The van der Waals surface area contributed by atoms with Gasteiger partial charge in [0.1, 0.15) is 0 Å². The number of hydrogen-bond donors (Lipinski definition) is 1. The molecule has 1 atom stereocenters. The van der Waals surface area contributed by atoms with Crippen LogP contribution in [0.25, 0.3) is 0 Å². The Morgan fingerprint density at radius 3 is 2.39 bits per heavy atom. The lowest BCUT2D eigenvalue weighted by Gasteiger charge is -2.42. The zero-order chi connectivity index (χ0) is 24.7. The number of nitrogens with two attached hydrogens (primary N) is 1. The number of hydrogen-bond acceptors (Lipinski definition) is 4. The molecule has 0 bridgehead atoms. The van der Waals surface area contributed by atoms with E-state index in [0.29, 0.717) is 6.04 Å². The minimum atomic E-state index is 0.500. The topological polar surface area (TPSA) is 44.9 Å². The second kappa shape index (κ2) is 12.3. The summed E-state index contributed by atoms with van der Waals surface area (Å²) >= 11 is 0. The number of aliphatic imine (C=N–C) groups is 1. The van der Waals surface area contributed by atoms with E-state index in [1.54, 1.807) is 0 Å². The van der Waals surface area contributed by atoms with E-state index in [0.717, 1.165) is 36.6 Å². The molecule has 36 heavy (non-hydrogen) atoms. The molecular formula is C32H46N4. The van der Waals surface area contributed by atoms with Gasteiger partial charge in [0.2, 0.25) is 0 Å². The lowest BCUT2D eigenvalue weighted by atomic mass is 9.81. The first-order valence-corrected chi connectivity index (χ1v) is 14.6. The summed E-state index contributed by atoms with van der Waals surface area (Å²) in [5.41, 5.74) is 11.8. The molecule has 2 aromatic rings. The van der Waals surface area contributed by atoms with Crippen LogP contribution in [0.15, 0.2) is 53.5 Å². The van der Waals surface area contributed by atoms with E-state index >= 15 is 0 Å². The number of nitrogens with zero attached hydrogens (tertiary/aromatic N) is 3. The smallest absolute Gasteiger partial charge is 0.197 e. The molecule has 0 amide bonds. The Bertz CT molecular complexity index is 988. The van der Waals surface area contributed by atoms with Crippen LogP contribution in [0.5, 0.6) is 0 Å². The molecule has 2 aliphatic carbocycles. The molecule has 1 heterocycles. The van der Waals surface area contributed by atoms with Crippen LogP contribution in [0, 0.1) is 5.92 Å². The van der Waals surface area contributed by atoms with Gasteiger partial charge < -0.3 is 15.5 Å². The number of fused-ring (bicyclic) bond motifs is 1. The number of benzene rings is 2. The van der Waals surface area contributed by atoms with Gasteiger partial charge in [0, 0.05) is 18.6 Å². The van der Waals surface area contributed by atoms with Crippen molar-refractivity contribution in [1.29, 1.82) is 0 Å². The maximum atomic E-state index is 6.68. The third kappa shape index (κ3) is 6.32. The van der Waals surface area contributed by atoms with Crippen LogP contribution in [-0.4, -0.2) is 41.4 Å². The quantitative estimate of drug-likeness (QED) is 0.414. The molecule has 2 aromatic carbocycles. The van der Waals surface area contributed by atoms with Crippen molar-refractivity contribution in [3.8, 4) is 0 Å². The molecule has 1 aliphatic heterocycles. The minimum Gasteiger partial charge on any atom is -0.369 e. The highest BCUT2D eigenvalue weighted by molar-refractivity contribution is 5.84. The van der Waals surface area contributed by atoms with Crippen LogP contribution in [0.1, 0.15) is 93.7 Å². The minimum absolute atomic E-state index is 0.500. The summed E-state index contributed by atoms with van der Waals surface area (Å²) in [5, 5.41) is 0. The monoisotopic (exact) mass is 486 g/mol. The summed E-state index contributed by atoms with van der Waals surface area (Å²) in [6.07, 6.45) is 17.3. The molecule has 4 heteroatoms. The van der Waals surface area contributed by atoms with E-state index in [4.69, 9.17) is 10.7 Å². The average Bonchev–Trinajstić information content (AvgIpc) is 2.92. The molecule has 0 radical (unpaired) electrons. The van der Waals surface area contributed by atoms with E-state index in [-0.39, 0.29) is 0 Å². The summed E-state index contributed by atoms with van der Waals surface area (Å²) in [5.74, 6) is 1.47. The van der Waals surface area contributed by atoms with Crippen molar-refractivity contribution in [2.75, 3.05) is 13.6 Å². The zero-order valence-electron chi connectivity index (χ0n) is 22.4. The van der Waals surface area contributed by atoms with Crippen LogP contribution >= 0.6 is 0 Å². The largest absolute Gasteiger partial charge is 0.369 e. The Balaban J connectivity index is 1.28. The fraction of sp³-hybridized carbons (Fsp3) is 0.594. The Morgan fingerprint density at radius 1 is 0.917 bits per heavy atom. The third-order valence-electron chi connectivity index (χ3n) is 9.07. The average molecular weight is 487 g/mol. The van der Waals surface area contributed by atoms with E-state index < -0.39 is 0 Å². The number of guanidine groups is 1. The van der Waals surface area contributed by atoms with Crippen molar-refractivity contribution in [3.05, 3.63) is 65.2 Å². The SMILES string of the molecule is CN(CCC[C@@H](C1CCCCC1)N1Cc2cc(Cc3ccccc3)ccc2N=C1N)C1CCCCC1. The molecular weight excluding hydrogens is 440 g/mol. The summed E-state index contributed by atoms with van der Waals surface area (Å²) < 4.78 is 0. The molecule has 2 fully saturated rings. The Labute approximate surface area is 219 Å². The summed E-state index contributed by atoms with van der Waals surface area (Å²) in [7, 11) is 2.35. The van der Waals surface area contributed by atoms with Crippen LogP contribution < -0.4 is 5.73 Å². The summed E-state index contributed by atoms with van der Waals surface area (Å²) in [6.45, 7) is 2.10. The van der Waals surface area contributed by atoms with Gasteiger partial charge in [-0.2, -0.15) is 0 Å². The highest BCUT2D eigenvalue weighted by Gasteiger charge is 2.32. The Morgan fingerprint density at radius 2 is 1.64 bits per heavy atom. The van der Waals surface area contributed by atoms with Crippen LogP contribution in [0.2, 0.25) is 0 Å². The van der Waals surface area contributed by atoms with Crippen molar-refractivity contribution in [2.24, 2.45) is 16.6 Å². The van der Waals surface area contributed by atoms with Crippen molar-refractivity contribution in [1.82, 2.24) is 9.80 Å². The molecule has 2 saturated carbocycles. The molecule has 3 aliphatic rings. The van der Waals surface area contributed by atoms with Gasteiger partial charge in [-0.3, -0.25) is 0 Å². The first-order chi connectivity index (χ1) is 17.7. The predicted octanol–water partition coefficient (Wildman–Crippen LogP) is 7.03. The van der Waals surface area contributed by atoms with E-state index in [2.05, 4.69) is 65.4 Å². The number of rotatable bonds is 9. The molecule has 0 unspecified atom stereocenters. The standard InChI is InChI=1S/C32H46N4/c1-35(29-16-9-4-10-17-29)21-11-18-31(27-14-7-3-8-15-27)36-24-28-23-26(19-20-30(28)34-32(36)33)22-25-12-5-2-6-13-25/h2,5-6,12-13,19-20,23,27,29,31H,3-4,7-11,14-18,21-22,24H2,1H3,(H2,33,34)/t31-/m0/s1. The Kier molecular flexibility index (Phi) is 8.63. The molecule has 0 spiro atoms. The van der Waals surface area contributed by atoms with Gasteiger partial charge in [0.05, 0.1) is 5.69 Å². The molecule has 0 saturated heterocycles. The van der Waals surface area contributed by atoms with E-state index in [1.165, 1.54) is 100 Å². The van der Waals surface area contributed by atoms with Crippen molar-refractivity contribution in [2.45, 2.75) is 102 Å². The molecule has 0 aromatic heterocycles. The maximum Gasteiger partial charge on any atom is 0.197 e. The molecule has 4 nitrogen and oxygen atoms in total. The fourth-order valence-electron chi connectivity index (χ4n) is 6.97. The van der Waals surface area contributed by atoms with Crippen molar-refractivity contribution < 1.29 is 0 Å².